The van der Waals surface area contributed by atoms with E-state index in [2.05, 4.69) is 0 Å². The molecule has 0 N–H and O–H groups in total. The van der Waals surface area contributed by atoms with Crippen LogP contribution in [0.5, 0.6) is 0 Å². The normalized spacial score (nSPS) is 12.5. The van der Waals surface area contributed by atoms with Crippen LogP contribution in [0.3, 0.4) is 0 Å². The van der Waals surface area contributed by atoms with E-state index < -0.39 is 0 Å². The number of esters is 1. The second kappa shape index (κ2) is 8.01. The zero-order chi connectivity index (χ0) is 10.1. The van der Waals surface area contributed by atoms with Gasteiger partial charge >= 0.3 is 5.97 Å². The second-order valence-corrected chi connectivity index (χ2v) is 2.71. The molecule has 0 spiro atoms. The lowest BCUT2D eigenvalue weighted by Gasteiger charge is -2.11. The molecule has 0 saturated heterocycles. The Hall–Kier alpha value is -0.610. The molecule has 0 amide bonds. The Morgan fingerprint density at radius 1 is 1.38 bits per heavy atom. The van der Waals surface area contributed by atoms with Crippen LogP contribution in [0.2, 0.25) is 0 Å². The van der Waals surface area contributed by atoms with Gasteiger partial charge in [-0.1, -0.05) is 6.92 Å². The Kier molecular flexibility index (Phi) is 7.63. The van der Waals surface area contributed by atoms with Crippen LogP contribution in [0, 0.1) is 0 Å². The number of hydrogen-bond donors (Lipinski definition) is 0. The second-order valence-electron chi connectivity index (χ2n) is 2.71. The van der Waals surface area contributed by atoms with Gasteiger partial charge < -0.3 is 14.2 Å². The third-order valence-electron chi connectivity index (χ3n) is 1.44. The van der Waals surface area contributed by atoms with Crippen molar-refractivity contribution in [3.63, 3.8) is 0 Å². The van der Waals surface area contributed by atoms with Gasteiger partial charge in [-0.2, -0.15) is 0 Å². The highest BCUT2D eigenvalue weighted by molar-refractivity contribution is 5.68. The molecule has 4 heteroatoms. The molecule has 0 aliphatic carbocycles. The van der Waals surface area contributed by atoms with E-state index in [4.69, 9.17) is 14.2 Å². The molecule has 0 aliphatic rings. The van der Waals surface area contributed by atoms with Crippen LogP contribution in [0.25, 0.3) is 0 Å². The average molecular weight is 190 g/mol. The summed E-state index contributed by atoms with van der Waals surface area (Å²) in [5, 5.41) is 0. The number of hydrogen-bond acceptors (Lipinski definition) is 4. The topological polar surface area (TPSA) is 44.8 Å². The van der Waals surface area contributed by atoms with E-state index in [1.807, 2.05) is 6.92 Å². The van der Waals surface area contributed by atoms with E-state index in [1.54, 1.807) is 14.0 Å². The third kappa shape index (κ3) is 7.74. The van der Waals surface area contributed by atoms with Crippen molar-refractivity contribution in [2.45, 2.75) is 26.4 Å². The molecule has 78 valence electrons. The van der Waals surface area contributed by atoms with Crippen LogP contribution in [-0.2, 0) is 19.0 Å². The molecule has 0 aromatic rings. The molecule has 0 rings (SSSR count). The van der Waals surface area contributed by atoms with Gasteiger partial charge in [0.15, 0.2) is 0 Å². The van der Waals surface area contributed by atoms with Gasteiger partial charge in [0, 0.05) is 13.5 Å². The Balaban J connectivity index is 3.20. The SMILES string of the molecule is CCC(=O)OCCOC(C)COC. The molecule has 13 heavy (non-hydrogen) atoms. The maximum absolute atomic E-state index is 10.7. The van der Waals surface area contributed by atoms with Gasteiger partial charge in [-0.3, -0.25) is 4.79 Å². The molecule has 0 bridgehead atoms. The maximum atomic E-state index is 10.7. The van der Waals surface area contributed by atoms with E-state index in [1.165, 1.54) is 0 Å². The summed E-state index contributed by atoms with van der Waals surface area (Å²) in [6, 6.07) is 0. The van der Waals surface area contributed by atoms with Crippen LogP contribution >= 0.6 is 0 Å². The fourth-order valence-corrected chi connectivity index (χ4v) is 0.790. The molecule has 4 nitrogen and oxygen atoms in total. The zero-order valence-electron chi connectivity index (χ0n) is 8.54. The van der Waals surface area contributed by atoms with Gasteiger partial charge in [-0.05, 0) is 6.92 Å². The van der Waals surface area contributed by atoms with Crippen molar-refractivity contribution in [2.75, 3.05) is 26.9 Å². The van der Waals surface area contributed by atoms with E-state index >= 15 is 0 Å². The predicted molar refractivity (Wildman–Crippen MR) is 48.5 cm³/mol. The first-order chi connectivity index (χ1) is 6.20. The predicted octanol–water partition coefficient (Wildman–Crippen LogP) is 0.991. The molecular formula is C9H18O4. The lowest BCUT2D eigenvalue weighted by atomic mass is 10.4. The van der Waals surface area contributed by atoms with Crippen molar-refractivity contribution in [1.82, 2.24) is 0 Å². The summed E-state index contributed by atoms with van der Waals surface area (Å²) in [5.74, 6) is -0.192. The number of carbonyl (C=O) groups excluding carboxylic acids is 1. The van der Waals surface area contributed by atoms with Gasteiger partial charge in [0.05, 0.1) is 19.3 Å². The van der Waals surface area contributed by atoms with Crippen LogP contribution in [-0.4, -0.2) is 39.0 Å². The van der Waals surface area contributed by atoms with Crippen LogP contribution in [0.1, 0.15) is 20.3 Å². The standard InChI is InChI=1S/C9H18O4/c1-4-9(10)13-6-5-12-8(2)7-11-3/h8H,4-7H2,1-3H3. The molecule has 0 heterocycles. The van der Waals surface area contributed by atoms with Crippen molar-refractivity contribution in [3.8, 4) is 0 Å². The maximum Gasteiger partial charge on any atom is 0.305 e. The van der Waals surface area contributed by atoms with E-state index in [0.29, 0.717) is 26.2 Å². The van der Waals surface area contributed by atoms with Crippen LogP contribution in [0.15, 0.2) is 0 Å². The molecule has 0 fully saturated rings. The summed E-state index contributed by atoms with van der Waals surface area (Å²) in [7, 11) is 1.62. The molecule has 1 unspecified atom stereocenters. The van der Waals surface area contributed by atoms with Gasteiger partial charge in [-0.25, -0.2) is 0 Å². The van der Waals surface area contributed by atoms with Crippen molar-refractivity contribution in [1.29, 1.82) is 0 Å². The zero-order valence-corrected chi connectivity index (χ0v) is 8.54. The van der Waals surface area contributed by atoms with Crippen molar-refractivity contribution in [3.05, 3.63) is 0 Å². The van der Waals surface area contributed by atoms with E-state index in [0.717, 1.165) is 0 Å². The molecule has 0 radical (unpaired) electrons. The average Bonchev–Trinajstić information content (AvgIpc) is 2.12. The number of rotatable bonds is 7. The van der Waals surface area contributed by atoms with Gasteiger partial charge in [0.2, 0.25) is 0 Å². The molecule has 0 aromatic heterocycles. The minimum atomic E-state index is -0.192. The minimum Gasteiger partial charge on any atom is -0.463 e. The number of methoxy groups -OCH3 is 1. The summed E-state index contributed by atoms with van der Waals surface area (Å²) >= 11 is 0. The largest absolute Gasteiger partial charge is 0.463 e. The molecule has 1 atom stereocenters. The first kappa shape index (κ1) is 12.4. The Labute approximate surface area is 79.2 Å². The highest BCUT2D eigenvalue weighted by atomic mass is 16.6. The first-order valence-corrected chi connectivity index (χ1v) is 4.46. The Morgan fingerprint density at radius 3 is 2.62 bits per heavy atom. The quantitative estimate of drug-likeness (QED) is 0.443. The van der Waals surface area contributed by atoms with Crippen molar-refractivity contribution < 1.29 is 19.0 Å². The molecule has 0 aromatic carbocycles. The molecule has 0 aliphatic heterocycles. The summed E-state index contributed by atoms with van der Waals surface area (Å²) in [6.45, 7) is 4.97. The van der Waals surface area contributed by atoms with E-state index in [9.17, 15) is 4.79 Å². The first-order valence-electron chi connectivity index (χ1n) is 4.46. The molecule has 0 saturated carbocycles. The van der Waals surface area contributed by atoms with E-state index in [-0.39, 0.29) is 12.1 Å². The van der Waals surface area contributed by atoms with Crippen LogP contribution in [0.4, 0.5) is 0 Å². The summed E-state index contributed by atoms with van der Waals surface area (Å²) in [6.07, 6.45) is 0.457. The number of ether oxygens (including phenoxy) is 3. The summed E-state index contributed by atoms with van der Waals surface area (Å²) in [5.41, 5.74) is 0. The molecular weight excluding hydrogens is 172 g/mol. The van der Waals surface area contributed by atoms with Crippen molar-refractivity contribution >= 4 is 5.97 Å². The Bertz CT molecular complexity index is 136. The Morgan fingerprint density at radius 2 is 2.08 bits per heavy atom. The monoisotopic (exact) mass is 190 g/mol. The lowest BCUT2D eigenvalue weighted by Crippen LogP contribution is -2.18. The van der Waals surface area contributed by atoms with Gasteiger partial charge in [0.25, 0.3) is 0 Å². The van der Waals surface area contributed by atoms with Crippen LogP contribution < -0.4 is 0 Å². The van der Waals surface area contributed by atoms with Gasteiger partial charge in [-0.15, -0.1) is 0 Å². The fraction of sp³-hybridized carbons (Fsp3) is 0.889. The smallest absolute Gasteiger partial charge is 0.305 e. The highest BCUT2D eigenvalue weighted by Gasteiger charge is 2.01. The highest BCUT2D eigenvalue weighted by Crippen LogP contribution is 1.91. The summed E-state index contributed by atoms with van der Waals surface area (Å²) < 4.78 is 15.0. The van der Waals surface area contributed by atoms with Crippen molar-refractivity contribution in [2.24, 2.45) is 0 Å². The third-order valence-corrected chi connectivity index (χ3v) is 1.44. The minimum absolute atomic E-state index is 0.0466. The fourth-order valence-electron chi connectivity index (χ4n) is 0.790. The lowest BCUT2D eigenvalue weighted by molar-refractivity contribution is -0.145. The van der Waals surface area contributed by atoms with Gasteiger partial charge in [0.1, 0.15) is 6.61 Å². The summed E-state index contributed by atoms with van der Waals surface area (Å²) in [4.78, 5) is 10.7. The number of carbonyl (C=O) groups is 1.